The molecule has 0 aliphatic rings. The molecule has 0 radical (unpaired) electrons. The highest BCUT2D eigenvalue weighted by Gasteiger charge is 2.24. The molecule has 1 aromatic heterocycles. The van der Waals surface area contributed by atoms with Crippen molar-refractivity contribution in [3.8, 4) is 0 Å². The van der Waals surface area contributed by atoms with Crippen LogP contribution in [0.1, 0.15) is 37.2 Å². The van der Waals surface area contributed by atoms with E-state index in [-0.39, 0.29) is 24.3 Å². The van der Waals surface area contributed by atoms with Gasteiger partial charge >= 0.3 is 0 Å². The molecule has 2 rings (SSSR count). The summed E-state index contributed by atoms with van der Waals surface area (Å²) in [5.41, 5.74) is 0.754. The van der Waals surface area contributed by atoms with E-state index in [4.69, 9.17) is 4.42 Å². The quantitative estimate of drug-likeness (QED) is 0.850. The van der Waals surface area contributed by atoms with Crippen molar-refractivity contribution in [1.82, 2.24) is 4.90 Å². The minimum atomic E-state index is -0.212. The van der Waals surface area contributed by atoms with Crippen LogP contribution in [0, 0.1) is 0 Å². The lowest BCUT2D eigenvalue weighted by atomic mass is 10.1. The molecular weight excluding hydrogens is 292 g/mol. The number of hydrogen-bond donors (Lipinski definition) is 1. The number of para-hydroxylation sites is 1. The number of nitrogens with zero attached hydrogens (tertiary/aromatic N) is 1. The van der Waals surface area contributed by atoms with Gasteiger partial charge in [0.2, 0.25) is 5.91 Å². The smallest absolute Gasteiger partial charge is 0.289 e. The SMILES string of the molecule is CCCN(C(=O)c1ccco1)[C@@H](C)CC(=O)Nc1ccccc1. The lowest BCUT2D eigenvalue weighted by Crippen LogP contribution is -2.41. The third-order valence-electron chi connectivity index (χ3n) is 3.53. The van der Waals surface area contributed by atoms with Crippen molar-refractivity contribution in [3.63, 3.8) is 0 Å². The Labute approximate surface area is 136 Å². The second-order valence-corrected chi connectivity index (χ2v) is 5.44. The molecule has 2 amide bonds. The number of nitrogens with one attached hydrogen (secondary N) is 1. The lowest BCUT2D eigenvalue weighted by Gasteiger charge is -2.28. The standard InChI is InChI=1S/C18H22N2O3/c1-3-11-20(18(22)16-10-7-12-23-16)14(2)13-17(21)19-15-8-5-4-6-9-15/h4-10,12,14H,3,11,13H2,1-2H3,(H,19,21)/t14-/m0/s1. The number of furan rings is 1. The Morgan fingerprint density at radius 1 is 1.17 bits per heavy atom. The highest BCUT2D eigenvalue weighted by Crippen LogP contribution is 2.14. The first-order chi connectivity index (χ1) is 11.1. The molecule has 0 aliphatic carbocycles. The first kappa shape index (κ1) is 16.8. The Kier molecular flexibility index (Phi) is 5.97. The van der Waals surface area contributed by atoms with Gasteiger partial charge in [-0.3, -0.25) is 9.59 Å². The third-order valence-corrected chi connectivity index (χ3v) is 3.53. The minimum Gasteiger partial charge on any atom is -0.459 e. The van der Waals surface area contributed by atoms with Gasteiger partial charge in [-0.15, -0.1) is 0 Å². The monoisotopic (exact) mass is 314 g/mol. The molecule has 122 valence electrons. The number of rotatable bonds is 7. The van der Waals surface area contributed by atoms with Crippen molar-refractivity contribution in [2.75, 3.05) is 11.9 Å². The normalized spacial score (nSPS) is 11.7. The summed E-state index contributed by atoms with van der Waals surface area (Å²) in [6.07, 6.45) is 2.53. The molecule has 1 N–H and O–H groups in total. The molecule has 1 atom stereocenters. The number of hydrogen-bond acceptors (Lipinski definition) is 3. The van der Waals surface area contributed by atoms with E-state index in [1.807, 2.05) is 44.2 Å². The van der Waals surface area contributed by atoms with E-state index in [1.165, 1.54) is 6.26 Å². The summed E-state index contributed by atoms with van der Waals surface area (Å²) in [5.74, 6) is 0.00248. The lowest BCUT2D eigenvalue weighted by molar-refractivity contribution is -0.117. The molecule has 0 unspecified atom stereocenters. The van der Waals surface area contributed by atoms with Crippen LogP contribution in [0.4, 0.5) is 5.69 Å². The molecule has 0 saturated heterocycles. The zero-order valence-corrected chi connectivity index (χ0v) is 13.5. The molecular formula is C18H22N2O3. The van der Waals surface area contributed by atoms with E-state index in [0.717, 1.165) is 12.1 Å². The van der Waals surface area contributed by atoms with Gasteiger partial charge in [-0.25, -0.2) is 0 Å². The van der Waals surface area contributed by atoms with Gasteiger partial charge in [-0.05, 0) is 37.6 Å². The topological polar surface area (TPSA) is 62.6 Å². The maximum absolute atomic E-state index is 12.5. The van der Waals surface area contributed by atoms with Crippen LogP contribution < -0.4 is 5.32 Å². The van der Waals surface area contributed by atoms with Crippen LogP contribution in [0.25, 0.3) is 0 Å². The van der Waals surface area contributed by atoms with E-state index < -0.39 is 0 Å². The molecule has 0 spiro atoms. The summed E-state index contributed by atoms with van der Waals surface area (Å²) >= 11 is 0. The number of amides is 2. The second kappa shape index (κ2) is 8.17. The summed E-state index contributed by atoms with van der Waals surface area (Å²) in [6, 6.07) is 12.4. The summed E-state index contributed by atoms with van der Waals surface area (Å²) in [7, 11) is 0. The van der Waals surface area contributed by atoms with E-state index >= 15 is 0 Å². The van der Waals surface area contributed by atoms with Crippen LogP contribution in [-0.4, -0.2) is 29.3 Å². The first-order valence-corrected chi connectivity index (χ1v) is 7.81. The van der Waals surface area contributed by atoms with Crippen LogP contribution >= 0.6 is 0 Å². The van der Waals surface area contributed by atoms with E-state index in [0.29, 0.717) is 12.3 Å². The van der Waals surface area contributed by atoms with Crippen LogP contribution in [0.2, 0.25) is 0 Å². The molecule has 23 heavy (non-hydrogen) atoms. The number of benzene rings is 1. The largest absolute Gasteiger partial charge is 0.459 e. The van der Waals surface area contributed by atoms with Crippen molar-refractivity contribution >= 4 is 17.5 Å². The van der Waals surface area contributed by atoms with Crippen molar-refractivity contribution < 1.29 is 14.0 Å². The predicted molar refractivity (Wildman–Crippen MR) is 89.2 cm³/mol. The Morgan fingerprint density at radius 2 is 1.91 bits per heavy atom. The summed E-state index contributed by atoms with van der Waals surface area (Å²) < 4.78 is 5.18. The number of carbonyl (C=O) groups excluding carboxylic acids is 2. The molecule has 0 aliphatic heterocycles. The molecule has 1 aromatic carbocycles. The van der Waals surface area contributed by atoms with E-state index in [1.54, 1.807) is 17.0 Å². The zero-order valence-electron chi connectivity index (χ0n) is 13.5. The Balaban J connectivity index is 1.99. The molecule has 1 heterocycles. The minimum absolute atomic E-state index is 0.114. The van der Waals surface area contributed by atoms with Crippen molar-refractivity contribution in [2.24, 2.45) is 0 Å². The van der Waals surface area contributed by atoms with Gasteiger partial charge in [0.15, 0.2) is 5.76 Å². The van der Waals surface area contributed by atoms with Crippen molar-refractivity contribution in [3.05, 3.63) is 54.5 Å². The van der Waals surface area contributed by atoms with Gasteiger partial charge in [0.1, 0.15) is 0 Å². The molecule has 5 heteroatoms. The van der Waals surface area contributed by atoms with Gasteiger partial charge in [-0.2, -0.15) is 0 Å². The van der Waals surface area contributed by atoms with Gasteiger partial charge in [-0.1, -0.05) is 25.1 Å². The van der Waals surface area contributed by atoms with Crippen LogP contribution in [0.15, 0.2) is 53.1 Å². The molecule has 0 bridgehead atoms. The molecule has 2 aromatic rings. The highest BCUT2D eigenvalue weighted by atomic mass is 16.3. The zero-order chi connectivity index (χ0) is 16.7. The average molecular weight is 314 g/mol. The van der Waals surface area contributed by atoms with Crippen molar-refractivity contribution in [1.29, 1.82) is 0 Å². The van der Waals surface area contributed by atoms with Gasteiger partial charge < -0.3 is 14.6 Å². The maximum Gasteiger partial charge on any atom is 0.289 e. The number of carbonyl (C=O) groups is 2. The third kappa shape index (κ3) is 4.71. The van der Waals surface area contributed by atoms with Crippen molar-refractivity contribution in [2.45, 2.75) is 32.7 Å². The summed E-state index contributed by atoms with van der Waals surface area (Å²) in [6.45, 7) is 4.46. The highest BCUT2D eigenvalue weighted by molar-refractivity contribution is 5.94. The summed E-state index contributed by atoms with van der Waals surface area (Å²) in [4.78, 5) is 26.3. The molecule has 0 fully saturated rings. The first-order valence-electron chi connectivity index (χ1n) is 7.81. The number of anilines is 1. The Bertz CT molecular complexity index is 623. The predicted octanol–water partition coefficient (Wildman–Crippen LogP) is 3.55. The van der Waals surface area contributed by atoms with Gasteiger partial charge in [0.25, 0.3) is 5.91 Å². The molecule has 5 nitrogen and oxygen atoms in total. The van der Waals surface area contributed by atoms with E-state index in [2.05, 4.69) is 5.32 Å². The van der Waals surface area contributed by atoms with Gasteiger partial charge in [0, 0.05) is 24.7 Å². The fraction of sp³-hybridized carbons (Fsp3) is 0.333. The van der Waals surface area contributed by atoms with Gasteiger partial charge in [0.05, 0.1) is 6.26 Å². The summed E-state index contributed by atoms with van der Waals surface area (Å²) in [5, 5.41) is 2.84. The maximum atomic E-state index is 12.5. The fourth-order valence-corrected chi connectivity index (χ4v) is 2.42. The Morgan fingerprint density at radius 3 is 2.52 bits per heavy atom. The Hall–Kier alpha value is -2.56. The average Bonchev–Trinajstić information content (AvgIpc) is 3.07. The van der Waals surface area contributed by atoms with E-state index in [9.17, 15) is 9.59 Å². The fourth-order valence-electron chi connectivity index (χ4n) is 2.42. The van der Waals surface area contributed by atoms with Crippen LogP contribution in [0.3, 0.4) is 0 Å². The molecule has 0 saturated carbocycles. The second-order valence-electron chi connectivity index (χ2n) is 5.44. The van der Waals surface area contributed by atoms with Crippen LogP contribution in [-0.2, 0) is 4.79 Å². The van der Waals surface area contributed by atoms with Crippen LogP contribution in [0.5, 0.6) is 0 Å².